The summed E-state index contributed by atoms with van der Waals surface area (Å²) in [6.45, 7) is 2.31. The van der Waals surface area contributed by atoms with Crippen LogP contribution in [0.1, 0.15) is 16.7 Å². The predicted octanol–water partition coefficient (Wildman–Crippen LogP) is 4.16. The van der Waals surface area contributed by atoms with Crippen LogP contribution < -0.4 is 4.74 Å². The van der Waals surface area contributed by atoms with E-state index < -0.39 is 0 Å². The van der Waals surface area contributed by atoms with E-state index in [9.17, 15) is 5.11 Å². The van der Waals surface area contributed by atoms with E-state index in [2.05, 4.69) is 53.2 Å². The lowest BCUT2D eigenvalue weighted by Crippen LogP contribution is -2.13. The number of rotatable bonds is 6. The Morgan fingerprint density at radius 2 is 1.90 bits per heavy atom. The maximum atomic E-state index is 9.67. The van der Waals surface area contributed by atoms with E-state index in [1.165, 1.54) is 16.7 Å². The highest BCUT2D eigenvalue weighted by Gasteiger charge is 2.12. The highest BCUT2D eigenvalue weighted by Crippen LogP contribution is 2.27. The Hall–Kier alpha value is -1.32. The third-order valence-corrected chi connectivity index (χ3v) is 4.39. The number of aliphatic hydroxyl groups is 1. The Kier molecular flexibility index (Phi) is 5.83. The summed E-state index contributed by atoms with van der Waals surface area (Å²) >= 11 is 3.51. The summed E-state index contributed by atoms with van der Waals surface area (Å²) < 4.78 is 6.20. The molecule has 2 nitrogen and oxygen atoms in total. The fraction of sp³-hybridized carbons (Fsp3) is 0.333. The molecule has 0 saturated carbocycles. The molecule has 0 aromatic heterocycles. The Balaban J connectivity index is 2.09. The second kappa shape index (κ2) is 7.62. The van der Waals surface area contributed by atoms with Crippen LogP contribution in [-0.4, -0.2) is 18.8 Å². The zero-order valence-electron chi connectivity index (χ0n) is 12.5. The summed E-state index contributed by atoms with van der Waals surface area (Å²) in [5.74, 6) is 1.06. The molecule has 0 bridgehead atoms. The molecule has 2 aromatic rings. The fourth-order valence-electron chi connectivity index (χ4n) is 2.52. The van der Waals surface area contributed by atoms with Gasteiger partial charge in [0.05, 0.1) is 11.6 Å². The van der Waals surface area contributed by atoms with Crippen molar-refractivity contribution in [1.82, 2.24) is 0 Å². The Morgan fingerprint density at radius 1 is 1.14 bits per heavy atom. The zero-order valence-corrected chi connectivity index (χ0v) is 14.1. The summed E-state index contributed by atoms with van der Waals surface area (Å²) in [4.78, 5) is 0. The smallest absolute Gasteiger partial charge is 0.133 e. The van der Waals surface area contributed by atoms with Crippen LogP contribution in [0.5, 0.6) is 5.75 Å². The largest absolute Gasteiger partial charge is 0.496 e. The van der Waals surface area contributed by atoms with E-state index in [4.69, 9.17) is 4.74 Å². The van der Waals surface area contributed by atoms with Gasteiger partial charge in [0.2, 0.25) is 0 Å². The van der Waals surface area contributed by atoms with Crippen LogP contribution in [0.25, 0.3) is 0 Å². The Morgan fingerprint density at radius 3 is 2.52 bits per heavy atom. The summed E-state index contributed by atoms with van der Waals surface area (Å²) in [5.41, 5.74) is 3.80. The highest BCUT2D eigenvalue weighted by atomic mass is 79.9. The predicted molar refractivity (Wildman–Crippen MR) is 89.9 cm³/mol. The lowest BCUT2D eigenvalue weighted by molar-refractivity contribution is 0.225. The first-order valence-electron chi connectivity index (χ1n) is 7.11. The van der Waals surface area contributed by atoms with Crippen molar-refractivity contribution in [2.75, 3.05) is 13.7 Å². The molecule has 0 aliphatic heterocycles. The number of hydrogen-bond acceptors (Lipinski definition) is 2. The van der Waals surface area contributed by atoms with Gasteiger partial charge in [0, 0.05) is 6.61 Å². The molecule has 112 valence electrons. The second-order valence-corrected chi connectivity index (χ2v) is 6.21. The van der Waals surface area contributed by atoms with Crippen LogP contribution in [0.3, 0.4) is 0 Å². The minimum absolute atomic E-state index is 0.192. The van der Waals surface area contributed by atoms with Gasteiger partial charge in [-0.1, -0.05) is 30.3 Å². The van der Waals surface area contributed by atoms with Gasteiger partial charge in [-0.2, -0.15) is 0 Å². The number of halogens is 1. The van der Waals surface area contributed by atoms with Crippen LogP contribution in [0.4, 0.5) is 0 Å². The molecule has 3 heteroatoms. The maximum Gasteiger partial charge on any atom is 0.133 e. The van der Waals surface area contributed by atoms with E-state index in [1.807, 2.05) is 12.1 Å². The van der Waals surface area contributed by atoms with Crippen molar-refractivity contribution in [3.63, 3.8) is 0 Å². The standard InChI is InChI=1S/C18H21BrO2/c1-13-5-3-4-6-16(13)10-15(12-20)9-14-7-8-18(21-2)17(19)11-14/h3-8,11,15,20H,9-10,12H2,1-2H3. The van der Waals surface area contributed by atoms with Crippen molar-refractivity contribution in [2.24, 2.45) is 5.92 Å². The van der Waals surface area contributed by atoms with Gasteiger partial charge in [-0.3, -0.25) is 0 Å². The summed E-state index contributed by atoms with van der Waals surface area (Å²) in [7, 11) is 1.66. The van der Waals surface area contributed by atoms with Crippen LogP contribution in [-0.2, 0) is 12.8 Å². The molecule has 0 aliphatic carbocycles. The lowest BCUT2D eigenvalue weighted by atomic mass is 9.91. The molecule has 1 atom stereocenters. The molecule has 2 aromatic carbocycles. The lowest BCUT2D eigenvalue weighted by Gasteiger charge is -2.16. The SMILES string of the molecule is COc1ccc(CC(CO)Cc2ccccc2C)cc1Br. The van der Waals surface area contributed by atoms with Gasteiger partial charge >= 0.3 is 0 Å². The van der Waals surface area contributed by atoms with Gasteiger partial charge in [0.25, 0.3) is 0 Å². The number of ether oxygens (including phenoxy) is 1. The van der Waals surface area contributed by atoms with Crippen LogP contribution in [0.15, 0.2) is 46.9 Å². The van der Waals surface area contributed by atoms with Crippen molar-refractivity contribution in [2.45, 2.75) is 19.8 Å². The molecule has 0 radical (unpaired) electrons. The average molecular weight is 349 g/mol. The van der Waals surface area contributed by atoms with Crippen molar-refractivity contribution >= 4 is 15.9 Å². The van der Waals surface area contributed by atoms with Crippen LogP contribution in [0, 0.1) is 12.8 Å². The van der Waals surface area contributed by atoms with Gasteiger partial charge in [0.15, 0.2) is 0 Å². The van der Waals surface area contributed by atoms with Crippen LogP contribution >= 0.6 is 15.9 Å². The zero-order chi connectivity index (χ0) is 15.2. The van der Waals surface area contributed by atoms with Crippen LogP contribution in [0.2, 0.25) is 0 Å². The third-order valence-electron chi connectivity index (χ3n) is 3.77. The minimum Gasteiger partial charge on any atom is -0.496 e. The van der Waals surface area contributed by atoms with E-state index >= 15 is 0 Å². The number of aliphatic hydroxyl groups excluding tert-OH is 1. The first-order chi connectivity index (χ1) is 10.1. The van der Waals surface area contributed by atoms with E-state index in [0.717, 1.165) is 23.1 Å². The molecule has 0 fully saturated rings. The van der Waals surface area contributed by atoms with Crippen molar-refractivity contribution in [3.8, 4) is 5.75 Å². The van der Waals surface area contributed by atoms with Crippen molar-refractivity contribution in [1.29, 1.82) is 0 Å². The van der Waals surface area contributed by atoms with E-state index in [0.29, 0.717) is 0 Å². The summed E-state index contributed by atoms with van der Waals surface area (Å²) in [5, 5.41) is 9.67. The first kappa shape index (κ1) is 16.1. The summed E-state index contributed by atoms with van der Waals surface area (Å²) in [6.07, 6.45) is 1.75. The fourth-order valence-corrected chi connectivity index (χ4v) is 3.11. The molecule has 0 heterocycles. The molecular weight excluding hydrogens is 328 g/mol. The number of benzene rings is 2. The quantitative estimate of drug-likeness (QED) is 0.849. The molecule has 0 saturated heterocycles. The monoisotopic (exact) mass is 348 g/mol. The minimum atomic E-state index is 0.192. The average Bonchev–Trinajstić information content (AvgIpc) is 2.49. The third kappa shape index (κ3) is 4.32. The number of aryl methyl sites for hydroxylation is 1. The second-order valence-electron chi connectivity index (χ2n) is 5.35. The molecule has 0 aliphatic rings. The van der Waals surface area contributed by atoms with Gasteiger partial charge < -0.3 is 9.84 Å². The van der Waals surface area contributed by atoms with Gasteiger partial charge in [0.1, 0.15) is 5.75 Å². The van der Waals surface area contributed by atoms with Gasteiger partial charge in [-0.25, -0.2) is 0 Å². The molecule has 0 amide bonds. The number of methoxy groups -OCH3 is 1. The first-order valence-corrected chi connectivity index (χ1v) is 7.91. The molecule has 1 unspecified atom stereocenters. The highest BCUT2D eigenvalue weighted by molar-refractivity contribution is 9.10. The molecule has 1 N–H and O–H groups in total. The Bertz CT molecular complexity index is 596. The topological polar surface area (TPSA) is 29.5 Å². The van der Waals surface area contributed by atoms with Gasteiger partial charge in [-0.05, 0) is 70.4 Å². The van der Waals surface area contributed by atoms with Crippen molar-refractivity contribution < 1.29 is 9.84 Å². The number of hydrogen-bond donors (Lipinski definition) is 1. The molecular formula is C18H21BrO2. The Labute approximate surface area is 134 Å². The van der Waals surface area contributed by atoms with E-state index in [1.54, 1.807) is 7.11 Å². The normalized spacial score (nSPS) is 12.2. The van der Waals surface area contributed by atoms with E-state index in [-0.39, 0.29) is 12.5 Å². The maximum absolute atomic E-state index is 9.67. The summed E-state index contributed by atoms with van der Waals surface area (Å²) in [6, 6.07) is 14.5. The molecule has 2 rings (SSSR count). The molecule has 21 heavy (non-hydrogen) atoms. The van der Waals surface area contributed by atoms with Crippen molar-refractivity contribution in [3.05, 3.63) is 63.6 Å². The van der Waals surface area contributed by atoms with Gasteiger partial charge in [-0.15, -0.1) is 0 Å². The molecule has 0 spiro atoms.